The zero-order valence-corrected chi connectivity index (χ0v) is 9.99. The smallest absolute Gasteiger partial charge is 0.126 e. The standard InChI is InChI=1S/C13H19FN2O/c14-13-9-11(10-15)1-2-12(13)3-4-16-5-7-17-8-6-16/h1-2,9H,3-8,10,15H2. The third-order valence-electron chi connectivity index (χ3n) is 3.15. The molecule has 1 aromatic rings. The van der Waals surface area contributed by atoms with Crippen LogP contribution in [0.4, 0.5) is 4.39 Å². The molecule has 1 fully saturated rings. The lowest BCUT2D eigenvalue weighted by atomic mass is 10.1. The van der Waals surface area contributed by atoms with Crippen molar-refractivity contribution in [3.63, 3.8) is 0 Å². The van der Waals surface area contributed by atoms with Crippen molar-refractivity contribution in [1.82, 2.24) is 4.90 Å². The number of benzene rings is 1. The van der Waals surface area contributed by atoms with Crippen molar-refractivity contribution in [2.24, 2.45) is 5.73 Å². The molecule has 2 N–H and O–H groups in total. The van der Waals surface area contributed by atoms with Crippen LogP contribution in [-0.2, 0) is 17.7 Å². The second kappa shape index (κ2) is 6.10. The maximum absolute atomic E-state index is 13.7. The van der Waals surface area contributed by atoms with Crippen LogP contribution in [0.1, 0.15) is 11.1 Å². The summed E-state index contributed by atoms with van der Waals surface area (Å²) in [4.78, 5) is 2.31. The Balaban J connectivity index is 1.89. The van der Waals surface area contributed by atoms with E-state index in [-0.39, 0.29) is 5.82 Å². The van der Waals surface area contributed by atoms with Gasteiger partial charge in [0, 0.05) is 26.2 Å². The van der Waals surface area contributed by atoms with Gasteiger partial charge in [0.1, 0.15) is 5.82 Å². The predicted octanol–water partition coefficient (Wildman–Crippen LogP) is 1.16. The third-order valence-corrected chi connectivity index (χ3v) is 3.15. The Bertz CT molecular complexity index is 364. The third kappa shape index (κ3) is 3.49. The predicted molar refractivity (Wildman–Crippen MR) is 65.3 cm³/mol. The second-order valence-electron chi connectivity index (χ2n) is 4.33. The van der Waals surface area contributed by atoms with E-state index in [1.165, 1.54) is 6.07 Å². The summed E-state index contributed by atoms with van der Waals surface area (Å²) in [5.74, 6) is -0.138. The van der Waals surface area contributed by atoms with Gasteiger partial charge < -0.3 is 10.5 Å². The summed E-state index contributed by atoms with van der Waals surface area (Å²) in [6, 6.07) is 5.28. The fourth-order valence-electron chi connectivity index (χ4n) is 2.02. The monoisotopic (exact) mass is 238 g/mol. The average Bonchev–Trinajstić information content (AvgIpc) is 2.38. The van der Waals surface area contributed by atoms with Crippen molar-refractivity contribution in [3.8, 4) is 0 Å². The molecule has 0 amide bonds. The van der Waals surface area contributed by atoms with Crippen LogP contribution in [-0.4, -0.2) is 37.7 Å². The maximum Gasteiger partial charge on any atom is 0.126 e. The first-order valence-electron chi connectivity index (χ1n) is 6.07. The van der Waals surface area contributed by atoms with Crippen LogP contribution < -0.4 is 5.73 Å². The van der Waals surface area contributed by atoms with Gasteiger partial charge in [-0.25, -0.2) is 4.39 Å². The molecular formula is C13H19FN2O. The molecule has 0 bridgehead atoms. The van der Waals surface area contributed by atoms with Crippen molar-refractivity contribution in [2.45, 2.75) is 13.0 Å². The Labute approximate surface area is 101 Å². The first-order valence-corrected chi connectivity index (χ1v) is 6.07. The van der Waals surface area contributed by atoms with Crippen LogP contribution in [0.15, 0.2) is 18.2 Å². The summed E-state index contributed by atoms with van der Waals surface area (Å²) in [5, 5.41) is 0. The SMILES string of the molecule is NCc1ccc(CCN2CCOCC2)c(F)c1. The molecule has 17 heavy (non-hydrogen) atoms. The van der Waals surface area contributed by atoms with E-state index in [2.05, 4.69) is 4.90 Å². The van der Waals surface area contributed by atoms with Gasteiger partial charge >= 0.3 is 0 Å². The highest BCUT2D eigenvalue weighted by molar-refractivity contribution is 5.24. The summed E-state index contributed by atoms with van der Waals surface area (Å²) in [6.45, 7) is 4.75. The molecule has 3 nitrogen and oxygen atoms in total. The zero-order valence-electron chi connectivity index (χ0n) is 9.99. The minimum Gasteiger partial charge on any atom is -0.379 e. The lowest BCUT2D eigenvalue weighted by Gasteiger charge is -2.26. The number of rotatable bonds is 4. The summed E-state index contributed by atoms with van der Waals surface area (Å²) in [5.41, 5.74) is 7.09. The molecule has 1 aliphatic heterocycles. The minimum absolute atomic E-state index is 0.138. The van der Waals surface area contributed by atoms with Crippen molar-refractivity contribution < 1.29 is 9.13 Å². The van der Waals surface area contributed by atoms with Crippen LogP contribution in [0.5, 0.6) is 0 Å². The van der Waals surface area contributed by atoms with Crippen LogP contribution in [0, 0.1) is 5.82 Å². The van der Waals surface area contributed by atoms with Gasteiger partial charge in [0.25, 0.3) is 0 Å². The molecule has 1 aromatic carbocycles. The maximum atomic E-state index is 13.7. The summed E-state index contributed by atoms with van der Waals surface area (Å²) in [6.07, 6.45) is 0.747. The van der Waals surface area contributed by atoms with Gasteiger partial charge in [0.2, 0.25) is 0 Å². The quantitative estimate of drug-likeness (QED) is 0.855. The Hall–Kier alpha value is -0.970. The van der Waals surface area contributed by atoms with E-state index >= 15 is 0 Å². The second-order valence-corrected chi connectivity index (χ2v) is 4.33. The highest BCUT2D eigenvalue weighted by Gasteiger charge is 2.11. The molecular weight excluding hydrogens is 219 g/mol. The van der Waals surface area contributed by atoms with E-state index in [0.29, 0.717) is 6.54 Å². The lowest BCUT2D eigenvalue weighted by molar-refractivity contribution is 0.0383. The van der Waals surface area contributed by atoms with Gasteiger partial charge in [-0.3, -0.25) is 4.90 Å². The Morgan fingerprint density at radius 3 is 2.71 bits per heavy atom. The summed E-state index contributed by atoms with van der Waals surface area (Å²) < 4.78 is 19.0. The van der Waals surface area contributed by atoms with Gasteiger partial charge in [0.15, 0.2) is 0 Å². The largest absolute Gasteiger partial charge is 0.379 e. The molecule has 1 heterocycles. The van der Waals surface area contributed by atoms with Crippen molar-refractivity contribution >= 4 is 0 Å². The average molecular weight is 238 g/mol. The Kier molecular flexibility index (Phi) is 4.48. The van der Waals surface area contributed by atoms with Gasteiger partial charge in [-0.2, -0.15) is 0 Å². The van der Waals surface area contributed by atoms with Gasteiger partial charge in [-0.1, -0.05) is 12.1 Å². The fourth-order valence-corrected chi connectivity index (χ4v) is 2.02. The zero-order chi connectivity index (χ0) is 12.1. The molecule has 1 aliphatic rings. The normalized spacial score (nSPS) is 17.3. The van der Waals surface area contributed by atoms with Crippen LogP contribution in [0.25, 0.3) is 0 Å². The topological polar surface area (TPSA) is 38.5 Å². The van der Waals surface area contributed by atoms with E-state index in [1.54, 1.807) is 0 Å². The van der Waals surface area contributed by atoms with Gasteiger partial charge in [-0.15, -0.1) is 0 Å². The molecule has 0 unspecified atom stereocenters. The molecule has 0 saturated carbocycles. The first-order chi connectivity index (χ1) is 8.29. The van der Waals surface area contributed by atoms with E-state index in [4.69, 9.17) is 10.5 Å². The molecule has 2 rings (SSSR count). The lowest BCUT2D eigenvalue weighted by Crippen LogP contribution is -2.37. The van der Waals surface area contributed by atoms with Gasteiger partial charge in [0.05, 0.1) is 13.2 Å². The van der Waals surface area contributed by atoms with Crippen LogP contribution in [0.3, 0.4) is 0 Å². The molecule has 4 heteroatoms. The van der Waals surface area contributed by atoms with E-state index < -0.39 is 0 Å². The fraction of sp³-hybridized carbons (Fsp3) is 0.538. The molecule has 0 radical (unpaired) electrons. The number of ether oxygens (including phenoxy) is 1. The molecule has 0 spiro atoms. The van der Waals surface area contributed by atoms with Crippen molar-refractivity contribution in [2.75, 3.05) is 32.8 Å². The molecule has 0 aromatic heterocycles. The molecule has 0 atom stereocenters. The highest BCUT2D eigenvalue weighted by atomic mass is 19.1. The van der Waals surface area contributed by atoms with Crippen LogP contribution >= 0.6 is 0 Å². The first kappa shape index (κ1) is 12.5. The van der Waals surface area contributed by atoms with E-state index in [0.717, 1.165) is 50.4 Å². The Morgan fingerprint density at radius 2 is 2.06 bits per heavy atom. The number of nitrogens with zero attached hydrogens (tertiary/aromatic N) is 1. The Morgan fingerprint density at radius 1 is 1.29 bits per heavy atom. The summed E-state index contributed by atoms with van der Waals surface area (Å²) in [7, 11) is 0. The number of halogens is 1. The molecule has 94 valence electrons. The highest BCUT2D eigenvalue weighted by Crippen LogP contribution is 2.12. The number of hydrogen-bond acceptors (Lipinski definition) is 3. The van der Waals surface area contributed by atoms with E-state index in [9.17, 15) is 4.39 Å². The van der Waals surface area contributed by atoms with E-state index in [1.807, 2.05) is 12.1 Å². The number of nitrogens with two attached hydrogens (primary N) is 1. The van der Waals surface area contributed by atoms with Crippen LogP contribution in [0.2, 0.25) is 0 Å². The summed E-state index contributed by atoms with van der Waals surface area (Å²) >= 11 is 0. The van der Waals surface area contributed by atoms with Crippen molar-refractivity contribution in [1.29, 1.82) is 0 Å². The number of hydrogen-bond donors (Lipinski definition) is 1. The van der Waals surface area contributed by atoms with Crippen molar-refractivity contribution in [3.05, 3.63) is 35.1 Å². The van der Waals surface area contributed by atoms with Gasteiger partial charge in [-0.05, 0) is 23.6 Å². The molecule has 0 aliphatic carbocycles. The minimum atomic E-state index is -0.138. The number of morpholine rings is 1. The molecule has 1 saturated heterocycles.